The van der Waals surface area contributed by atoms with Gasteiger partial charge in [0.05, 0.1) is 6.54 Å². The lowest BCUT2D eigenvalue weighted by Crippen LogP contribution is -2.48. The largest absolute Gasteiger partial charge is 0.369 e. The van der Waals surface area contributed by atoms with Gasteiger partial charge in [0.1, 0.15) is 0 Å². The molecule has 1 fully saturated rings. The fraction of sp³-hybridized carbons (Fsp3) is 0.333. The van der Waals surface area contributed by atoms with Crippen LogP contribution in [0.1, 0.15) is 17.3 Å². The van der Waals surface area contributed by atoms with Crippen LogP contribution in [0.25, 0.3) is 0 Å². The molecule has 0 radical (unpaired) electrons. The van der Waals surface area contributed by atoms with E-state index in [0.717, 1.165) is 26.2 Å². The number of piperazine rings is 1. The summed E-state index contributed by atoms with van der Waals surface area (Å²) in [6, 6.07) is 17.4. The first kappa shape index (κ1) is 18.9. The second-order valence-corrected chi connectivity index (χ2v) is 6.59. The molecule has 1 aliphatic heterocycles. The van der Waals surface area contributed by atoms with E-state index in [1.54, 1.807) is 24.3 Å². The van der Waals surface area contributed by atoms with E-state index in [2.05, 4.69) is 32.6 Å². The molecular weight excluding hydrogens is 340 g/mol. The van der Waals surface area contributed by atoms with Gasteiger partial charge in [-0.25, -0.2) is 0 Å². The predicted octanol–water partition coefficient (Wildman–Crippen LogP) is 2.20. The minimum absolute atomic E-state index is 0.0591. The van der Waals surface area contributed by atoms with Gasteiger partial charge in [0.15, 0.2) is 0 Å². The van der Waals surface area contributed by atoms with Crippen molar-refractivity contribution in [3.05, 3.63) is 60.2 Å². The molecule has 2 aromatic carbocycles. The zero-order valence-electron chi connectivity index (χ0n) is 15.6. The van der Waals surface area contributed by atoms with Gasteiger partial charge in [-0.15, -0.1) is 0 Å². The lowest BCUT2D eigenvalue weighted by atomic mass is 10.2. The Labute approximate surface area is 160 Å². The molecule has 1 heterocycles. The average Bonchev–Trinajstić information content (AvgIpc) is 2.69. The van der Waals surface area contributed by atoms with Crippen molar-refractivity contribution in [2.24, 2.45) is 0 Å². The van der Waals surface area contributed by atoms with E-state index in [4.69, 9.17) is 0 Å². The van der Waals surface area contributed by atoms with Gasteiger partial charge in [-0.1, -0.05) is 24.3 Å². The minimum atomic E-state index is -0.134. The van der Waals surface area contributed by atoms with Gasteiger partial charge in [0.25, 0.3) is 5.91 Å². The molecule has 0 saturated carbocycles. The first-order valence-corrected chi connectivity index (χ1v) is 9.36. The Morgan fingerprint density at radius 2 is 1.70 bits per heavy atom. The van der Waals surface area contributed by atoms with Gasteiger partial charge in [0, 0.05) is 49.7 Å². The van der Waals surface area contributed by atoms with Crippen LogP contribution in [0.15, 0.2) is 54.6 Å². The van der Waals surface area contributed by atoms with Crippen molar-refractivity contribution in [2.45, 2.75) is 6.92 Å². The van der Waals surface area contributed by atoms with Gasteiger partial charge in [-0.3, -0.25) is 14.5 Å². The number of nitrogens with zero attached hydrogens (tertiary/aromatic N) is 2. The maximum absolute atomic E-state index is 12.4. The van der Waals surface area contributed by atoms with Crippen molar-refractivity contribution in [1.82, 2.24) is 10.2 Å². The Kier molecular flexibility index (Phi) is 6.44. The van der Waals surface area contributed by atoms with Crippen molar-refractivity contribution in [3.8, 4) is 0 Å². The molecule has 6 heteroatoms. The number of anilines is 2. The molecule has 3 rings (SSSR count). The number of rotatable bonds is 6. The number of carbonyl (C=O) groups is 2. The highest BCUT2D eigenvalue weighted by Crippen LogP contribution is 2.16. The van der Waals surface area contributed by atoms with Crippen LogP contribution < -0.4 is 15.5 Å². The Balaban J connectivity index is 1.49. The summed E-state index contributed by atoms with van der Waals surface area (Å²) in [5.74, 6) is -0.193. The van der Waals surface area contributed by atoms with Crippen molar-refractivity contribution in [3.63, 3.8) is 0 Å². The molecule has 0 atom stereocenters. The highest BCUT2D eigenvalue weighted by molar-refractivity contribution is 5.97. The fourth-order valence-corrected chi connectivity index (χ4v) is 3.21. The number of amides is 2. The molecule has 0 aliphatic carbocycles. The van der Waals surface area contributed by atoms with Gasteiger partial charge < -0.3 is 15.5 Å². The van der Waals surface area contributed by atoms with E-state index in [-0.39, 0.29) is 11.8 Å². The molecule has 6 nitrogen and oxygen atoms in total. The van der Waals surface area contributed by atoms with Crippen LogP contribution >= 0.6 is 0 Å². The molecular formula is C21H26N4O2. The molecule has 142 valence electrons. The zero-order valence-corrected chi connectivity index (χ0v) is 15.6. The summed E-state index contributed by atoms with van der Waals surface area (Å²) in [5, 5.41) is 5.66. The summed E-state index contributed by atoms with van der Waals surface area (Å²) in [6.07, 6.45) is 0. The van der Waals surface area contributed by atoms with Gasteiger partial charge >= 0.3 is 0 Å². The molecule has 2 N–H and O–H groups in total. The quantitative estimate of drug-likeness (QED) is 0.823. The number of para-hydroxylation sites is 1. The fourth-order valence-electron chi connectivity index (χ4n) is 3.21. The van der Waals surface area contributed by atoms with Crippen molar-refractivity contribution >= 4 is 23.2 Å². The summed E-state index contributed by atoms with van der Waals surface area (Å²) in [6.45, 7) is 6.32. The van der Waals surface area contributed by atoms with Crippen LogP contribution in [0, 0.1) is 0 Å². The van der Waals surface area contributed by atoms with Crippen LogP contribution in [0.2, 0.25) is 0 Å². The van der Waals surface area contributed by atoms with E-state index in [1.165, 1.54) is 5.69 Å². The van der Waals surface area contributed by atoms with Crippen LogP contribution in [0.3, 0.4) is 0 Å². The monoisotopic (exact) mass is 366 g/mol. The standard InChI is InChI=1S/C21H26N4O2/c1-2-22-21(27)17-7-6-8-18(15-17)23-20(26)16-24-11-13-25(14-12-24)19-9-4-3-5-10-19/h3-10,15H,2,11-14,16H2,1H3,(H,22,27)(H,23,26). The Morgan fingerprint density at radius 1 is 0.963 bits per heavy atom. The van der Waals surface area contributed by atoms with Crippen LogP contribution in [-0.2, 0) is 4.79 Å². The first-order chi connectivity index (χ1) is 13.2. The summed E-state index contributed by atoms with van der Waals surface area (Å²) >= 11 is 0. The molecule has 1 saturated heterocycles. The summed E-state index contributed by atoms with van der Waals surface area (Å²) in [4.78, 5) is 28.8. The second-order valence-electron chi connectivity index (χ2n) is 6.59. The maximum atomic E-state index is 12.4. The molecule has 27 heavy (non-hydrogen) atoms. The summed E-state index contributed by atoms with van der Waals surface area (Å²) in [5.41, 5.74) is 2.42. The van der Waals surface area contributed by atoms with Gasteiger partial charge in [0.2, 0.25) is 5.91 Å². The molecule has 2 aromatic rings. The average molecular weight is 366 g/mol. The van der Waals surface area contributed by atoms with E-state index < -0.39 is 0 Å². The molecule has 0 bridgehead atoms. The molecule has 1 aliphatic rings. The third kappa shape index (κ3) is 5.31. The van der Waals surface area contributed by atoms with E-state index in [1.807, 2.05) is 25.1 Å². The number of hydrogen-bond donors (Lipinski definition) is 2. The number of nitrogens with one attached hydrogen (secondary N) is 2. The van der Waals surface area contributed by atoms with E-state index in [0.29, 0.717) is 24.3 Å². The second kappa shape index (κ2) is 9.19. The van der Waals surface area contributed by atoms with E-state index >= 15 is 0 Å². The summed E-state index contributed by atoms with van der Waals surface area (Å²) < 4.78 is 0. The third-order valence-electron chi connectivity index (χ3n) is 4.61. The number of hydrogen-bond acceptors (Lipinski definition) is 4. The topological polar surface area (TPSA) is 64.7 Å². The van der Waals surface area contributed by atoms with Crippen molar-refractivity contribution in [2.75, 3.05) is 49.5 Å². The predicted molar refractivity (Wildman–Crippen MR) is 108 cm³/mol. The molecule has 2 amide bonds. The first-order valence-electron chi connectivity index (χ1n) is 9.36. The maximum Gasteiger partial charge on any atom is 0.251 e. The van der Waals surface area contributed by atoms with Crippen molar-refractivity contribution in [1.29, 1.82) is 0 Å². The number of carbonyl (C=O) groups excluding carboxylic acids is 2. The molecule has 0 aromatic heterocycles. The third-order valence-corrected chi connectivity index (χ3v) is 4.61. The highest BCUT2D eigenvalue weighted by Gasteiger charge is 2.19. The zero-order chi connectivity index (χ0) is 19.1. The minimum Gasteiger partial charge on any atom is -0.369 e. The van der Waals surface area contributed by atoms with E-state index in [9.17, 15) is 9.59 Å². The van der Waals surface area contributed by atoms with Gasteiger partial charge in [-0.2, -0.15) is 0 Å². The highest BCUT2D eigenvalue weighted by atomic mass is 16.2. The van der Waals surface area contributed by atoms with Crippen LogP contribution in [0.4, 0.5) is 11.4 Å². The lowest BCUT2D eigenvalue weighted by Gasteiger charge is -2.35. The van der Waals surface area contributed by atoms with Gasteiger partial charge in [-0.05, 0) is 37.3 Å². The summed E-state index contributed by atoms with van der Waals surface area (Å²) in [7, 11) is 0. The Bertz CT molecular complexity index is 771. The Hall–Kier alpha value is -2.86. The lowest BCUT2D eigenvalue weighted by molar-refractivity contribution is -0.117. The van der Waals surface area contributed by atoms with Crippen molar-refractivity contribution < 1.29 is 9.59 Å². The number of benzene rings is 2. The molecule has 0 spiro atoms. The SMILES string of the molecule is CCNC(=O)c1cccc(NC(=O)CN2CCN(c3ccccc3)CC2)c1. The normalized spacial score (nSPS) is 14.6. The smallest absolute Gasteiger partial charge is 0.251 e. The molecule has 0 unspecified atom stereocenters. The van der Waals surface area contributed by atoms with Crippen LogP contribution in [0.5, 0.6) is 0 Å². The Morgan fingerprint density at radius 3 is 2.41 bits per heavy atom. The van der Waals surface area contributed by atoms with Crippen LogP contribution in [-0.4, -0.2) is 56.0 Å².